The van der Waals surface area contributed by atoms with Gasteiger partial charge in [-0.1, -0.05) is 0 Å². The first-order chi connectivity index (χ1) is 9.02. The Labute approximate surface area is 113 Å². The van der Waals surface area contributed by atoms with Crippen molar-refractivity contribution in [3.05, 3.63) is 0 Å². The Bertz CT molecular complexity index is 318. The number of aliphatic hydroxyl groups is 3. The molecule has 1 amide bonds. The van der Waals surface area contributed by atoms with E-state index in [1.54, 1.807) is 6.92 Å². The van der Waals surface area contributed by atoms with Crippen molar-refractivity contribution in [3.63, 3.8) is 0 Å². The number of hydrogen-bond donors (Lipinski definition) is 4. The lowest BCUT2D eigenvalue weighted by Gasteiger charge is -2.34. The zero-order valence-electron chi connectivity index (χ0n) is 11.3. The SMILES string of the molecule is CC(=O)N1CCC(NC2CC(CO)C(O)C2O)CC1. The number of aliphatic hydroxyl groups excluding tert-OH is 3. The maximum atomic E-state index is 11.2. The van der Waals surface area contributed by atoms with Gasteiger partial charge < -0.3 is 25.5 Å². The summed E-state index contributed by atoms with van der Waals surface area (Å²) in [4.78, 5) is 13.1. The number of carbonyl (C=O) groups excluding carboxylic acids is 1. The van der Waals surface area contributed by atoms with Crippen molar-refractivity contribution in [2.75, 3.05) is 19.7 Å². The molecule has 19 heavy (non-hydrogen) atoms. The van der Waals surface area contributed by atoms with E-state index in [1.807, 2.05) is 4.90 Å². The third-order valence-corrected chi connectivity index (χ3v) is 4.43. The van der Waals surface area contributed by atoms with Crippen molar-refractivity contribution >= 4 is 5.91 Å². The summed E-state index contributed by atoms with van der Waals surface area (Å²) in [7, 11) is 0. The van der Waals surface area contributed by atoms with Gasteiger partial charge in [-0.05, 0) is 19.3 Å². The van der Waals surface area contributed by atoms with Crippen molar-refractivity contribution in [2.45, 2.75) is 50.5 Å². The van der Waals surface area contributed by atoms with Crippen LogP contribution in [0.25, 0.3) is 0 Å². The molecule has 2 fully saturated rings. The second-order valence-corrected chi connectivity index (χ2v) is 5.71. The highest BCUT2D eigenvalue weighted by molar-refractivity contribution is 5.73. The highest BCUT2D eigenvalue weighted by atomic mass is 16.3. The fraction of sp³-hybridized carbons (Fsp3) is 0.923. The highest BCUT2D eigenvalue weighted by Crippen LogP contribution is 2.27. The van der Waals surface area contributed by atoms with Gasteiger partial charge in [0.15, 0.2) is 0 Å². The zero-order valence-corrected chi connectivity index (χ0v) is 11.3. The van der Waals surface area contributed by atoms with Crippen molar-refractivity contribution in [1.29, 1.82) is 0 Å². The van der Waals surface area contributed by atoms with Crippen LogP contribution < -0.4 is 5.32 Å². The summed E-state index contributed by atoms with van der Waals surface area (Å²) in [5.41, 5.74) is 0. The predicted octanol–water partition coefficient (Wildman–Crippen LogP) is -1.31. The second-order valence-electron chi connectivity index (χ2n) is 5.71. The third kappa shape index (κ3) is 3.25. The van der Waals surface area contributed by atoms with E-state index in [9.17, 15) is 15.0 Å². The van der Waals surface area contributed by atoms with Gasteiger partial charge in [0.25, 0.3) is 0 Å². The van der Waals surface area contributed by atoms with E-state index in [0.717, 1.165) is 25.9 Å². The number of amides is 1. The van der Waals surface area contributed by atoms with Gasteiger partial charge in [0, 0.05) is 44.6 Å². The highest BCUT2D eigenvalue weighted by Gasteiger charge is 2.41. The Hall–Kier alpha value is -0.690. The van der Waals surface area contributed by atoms with Crippen molar-refractivity contribution in [1.82, 2.24) is 10.2 Å². The van der Waals surface area contributed by atoms with Gasteiger partial charge in [0.2, 0.25) is 5.91 Å². The van der Waals surface area contributed by atoms with Gasteiger partial charge in [0.1, 0.15) is 0 Å². The fourth-order valence-electron chi connectivity index (χ4n) is 3.13. The molecule has 4 unspecified atom stereocenters. The molecule has 4 N–H and O–H groups in total. The monoisotopic (exact) mass is 272 g/mol. The molecule has 0 bridgehead atoms. The average molecular weight is 272 g/mol. The molecule has 110 valence electrons. The van der Waals surface area contributed by atoms with Crippen molar-refractivity contribution < 1.29 is 20.1 Å². The normalized spacial score (nSPS) is 36.7. The van der Waals surface area contributed by atoms with Crippen LogP contribution in [0, 0.1) is 5.92 Å². The van der Waals surface area contributed by atoms with E-state index in [1.165, 1.54) is 0 Å². The Morgan fingerprint density at radius 2 is 1.89 bits per heavy atom. The molecule has 0 aromatic carbocycles. The number of nitrogens with zero attached hydrogens (tertiary/aromatic N) is 1. The summed E-state index contributed by atoms with van der Waals surface area (Å²) >= 11 is 0. The summed E-state index contributed by atoms with van der Waals surface area (Å²) in [5, 5.41) is 32.2. The molecule has 6 heteroatoms. The van der Waals surface area contributed by atoms with E-state index >= 15 is 0 Å². The molecule has 0 radical (unpaired) electrons. The summed E-state index contributed by atoms with van der Waals surface area (Å²) < 4.78 is 0. The molecule has 0 aromatic heterocycles. The molecule has 1 heterocycles. The number of rotatable bonds is 3. The largest absolute Gasteiger partial charge is 0.396 e. The standard InChI is InChI=1S/C13H24N2O4/c1-8(17)15-4-2-10(3-5-15)14-11-6-9(7-16)12(18)13(11)19/h9-14,16,18-19H,2-7H2,1H3. The maximum Gasteiger partial charge on any atom is 0.219 e. The van der Waals surface area contributed by atoms with E-state index in [-0.39, 0.29) is 30.5 Å². The summed E-state index contributed by atoms with van der Waals surface area (Å²) in [6.07, 6.45) is 0.653. The van der Waals surface area contributed by atoms with E-state index in [0.29, 0.717) is 6.42 Å². The first kappa shape index (κ1) is 14.7. The molecule has 4 atom stereocenters. The Balaban J connectivity index is 1.81. The molecule has 0 aromatic rings. The average Bonchev–Trinajstić information content (AvgIpc) is 2.67. The van der Waals surface area contributed by atoms with E-state index < -0.39 is 12.2 Å². The van der Waals surface area contributed by atoms with Gasteiger partial charge in [-0.3, -0.25) is 4.79 Å². The smallest absolute Gasteiger partial charge is 0.219 e. The van der Waals surface area contributed by atoms with Crippen molar-refractivity contribution in [3.8, 4) is 0 Å². The Kier molecular flexibility index (Phi) is 4.78. The second kappa shape index (κ2) is 6.17. The molecule has 1 saturated heterocycles. The predicted molar refractivity (Wildman–Crippen MR) is 69.4 cm³/mol. The van der Waals surface area contributed by atoms with Crippen LogP contribution in [-0.2, 0) is 4.79 Å². The molecule has 1 aliphatic heterocycles. The van der Waals surface area contributed by atoms with Crippen molar-refractivity contribution in [2.24, 2.45) is 5.92 Å². The first-order valence-electron chi connectivity index (χ1n) is 7.01. The minimum absolute atomic E-state index is 0.0980. The molecule has 1 aliphatic carbocycles. The first-order valence-corrected chi connectivity index (χ1v) is 7.01. The topological polar surface area (TPSA) is 93.0 Å². The molecule has 2 aliphatic rings. The lowest BCUT2D eigenvalue weighted by atomic mass is 10.0. The van der Waals surface area contributed by atoms with Crippen LogP contribution in [0.3, 0.4) is 0 Å². The summed E-state index contributed by atoms with van der Waals surface area (Å²) in [6, 6.07) is 0.0981. The number of likely N-dealkylation sites (tertiary alicyclic amines) is 1. The number of nitrogens with one attached hydrogen (secondary N) is 1. The van der Waals surface area contributed by atoms with Gasteiger partial charge >= 0.3 is 0 Å². The molecule has 0 spiro atoms. The van der Waals surface area contributed by atoms with Crippen LogP contribution in [0.5, 0.6) is 0 Å². The summed E-state index contributed by atoms with van der Waals surface area (Å²) in [6.45, 7) is 2.96. The van der Waals surface area contributed by atoms with Gasteiger partial charge in [-0.2, -0.15) is 0 Å². The fourth-order valence-corrected chi connectivity index (χ4v) is 3.13. The molecular formula is C13H24N2O4. The van der Waals surface area contributed by atoms with E-state index in [4.69, 9.17) is 5.11 Å². The van der Waals surface area contributed by atoms with Crippen LogP contribution in [-0.4, -0.2) is 70.1 Å². The Morgan fingerprint density at radius 1 is 1.26 bits per heavy atom. The summed E-state index contributed by atoms with van der Waals surface area (Å²) in [5.74, 6) is -0.139. The Morgan fingerprint density at radius 3 is 2.37 bits per heavy atom. The number of carbonyl (C=O) groups is 1. The van der Waals surface area contributed by atoms with Crippen LogP contribution in [0.15, 0.2) is 0 Å². The minimum Gasteiger partial charge on any atom is -0.396 e. The maximum absolute atomic E-state index is 11.2. The molecular weight excluding hydrogens is 248 g/mol. The van der Waals surface area contributed by atoms with Gasteiger partial charge in [-0.15, -0.1) is 0 Å². The number of piperidine rings is 1. The number of hydrogen-bond acceptors (Lipinski definition) is 5. The lowest BCUT2D eigenvalue weighted by molar-refractivity contribution is -0.129. The molecule has 1 saturated carbocycles. The molecule has 6 nitrogen and oxygen atoms in total. The van der Waals surface area contributed by atoms with Crippen LogP contribution >= 0.6 is 0 Å². The lowest BCUT2D eigenvalue weighted by Crippen LogP contribution is -2.50. The van der Waals surface area contributed by atoms with E-state index in [2.05, 4.69) is 5.32 Å². The minimum atomic E-state index is -0.847. The zero-order chi connectivity index (χ0) is 14.0. The molecule has 2 rings (SSSR count). The quantitative estimate of drug-likeness (QED) is 0.512. The van der Waals surface area contributed by atoms with Crippen LogP contribution in [0.2, 0.25) is 0 Å². The third-order valence-electron chi connectivity index (χ3n) is 4.43. The van der Waals surface area contributed by atoms with Crippen LogP contribution in [0.1, 0.15) is 26.2 Å². The van der Waals surface area contributed by atoms with Gasteiger partial charge in [0.05, 0.1) is 12.2 Å². The van der Waals surface area contributed by atoms with Gasteiger partial charge in [-0.25, -0.2) is 0 Å². The van der Waals surface area contributed by atoms with Crippen LogP contribution in [0.4, 0.5) is 0 Å².